The first-order chi connectivity index (χ1) is 14.0. The number of allylic oxidation sites excluding steroid dienone is 5. The minimum atomic E-state index is -3.35. The van der Waals surface area contributed by atoms with Crippen molar-refractivity contribution in [1.82, 2.24) is 0 Å². The maximum absolute atomic E-state index is 5.52. The van der Waals surface area contributed by atoms with Crippen molar-refractivity contribution in [3.05, 3.63) is 91.3 Å². The third-order valence-electron chi connectivity index (χ3n) is 7.82. The average Bonchev–Trinajstić information content (AvgIpc) is 3.21. The Morgan fingerprint density at radius 1 is 0.906 bits per heavy atom. The Morgan fingerprint density at radius 3 is 2.16 bits per heavy atom. The quantitative estimate of drug-likeness (QED) is 0.346. The van der Waals surface area contributed by atoms with Crippen molar-refractivity contribution < 1.29 is 22.1 Å². The van der Waals surface area contributed by atoms with Gasteiger partial charge in [0.1, 0.15) is 0 Å². The average molecular weight is 567 g/mol. The van der Waals surface area contributed by atoms with Gasteiger partial charge in [0.25, 0.3) is 0 Å². The predicted molar refractivity (Wildman–Crippen MR) is 144 cm³/mol. The Balaban J connectivity index is 0.00000181. The van der Waals surface area contributed by atoms with Crippen molar-refractivity contribution in [3.8, 4) is 5.75 Å². The van der Waals surface area contributed by atoms with Crippen LogP contribution >= 0.6 is 24.8 Å². The molecular weight excluding hydrogens is 531 g/mol. The summed E-state index contributed by atoms with van der Waals surface area (Å²) in [4.78, 5) is 0. The van der Waals surface area contributed by atoms with Gasteiger partial charge in [-0.25, -0.2) is 0 Å². The molecule has 0 aliphatic heterocycles. The van der Waals surface area contributed by atoms with Gasteiger partial charge in [0, 0.05) is 0 Å². The molecule has 0 radical (unpaired) electrons. The number of ether oxygens (including phenoxy) is 1. The van der Waals surface area contributed by atoms with Gasteiger partial charge in [0.2, 0.25) is 0 Å². The zero-order chi connectivity index (χ0) is 21.9. The van der Waals surface area contributed by atoms with Crippen molar-refractivity contribution >= 4 is 37.3 Å². The summed E-state index contributed by atoms with van der Waals surface area (Å²) in [6, 6.07) is 17.6. The van der Waals surface area contributed by atoms with Crippen LogP contribution in [0.1, 0.15) is 48.0 Å². The van der Waals surface area contributed by atoms with Crippen LogP contribution in [-0.2, 0) is 17.4 Å². The SMILES string of the molecule is COc1cccc(C2=C[CH]([Zr]([CH3])([CH3])(=[SiH2])[C]3=C(C)C(C)=C(C)C3C)c3ccccc32)c1.Cl.Cl. The number of halogens is 2. The fourth-order valence-corrected chi connectivity index (χ4v) is 24.5. The Morgan fingerprint density at radius 2 is 1.56 bits per heavy atom. The Kier molecular flexibility index (Phi) is 8.06. The molecule has 0 spiro atoms. The van der Waals surface area contributed by atoms with E-state index in [2.05, 4.69) is 92.4 Å². The smallest absolute Gasteiger partial charge is 0.147 e. The molecule has 2 aromatic carbocycles. The Hall–Kier alpha value is -0.860. The molecule has 0 bridgehead atoms. The van der Waals surface area contributed by atoms with Crippen molar-refractivity contribution in [2.75, 3.05) is 7.11 Å². The summed E-state index contributed by atoms with van der Waals surface area (Å²) >= 11 is -3.35. The number of rotatable bonds is 4. The van der Waals surface area contributed by atoms with Gasteiger partial charge < -0.3 is 0 Å². The topological polar surface area (TPSA) is 9.23 Å². The van der Waals surface area contributed by atoms with E-state index in [0.717, 1.165) is 5.75 Å². The summed E-state index contributed by atoms with van der Waals surface area (Å²) in [5.74, 6) is 1.49. The molecule has 2 aliphatic carbocycles. The van der Waals surface area contributed by atoms with Gasteiger partial charge in [0.15, 0.2) is 0 Å². The minimum Gasteiger partial charge on any atom is -0.147 e. The fourth-order valence-electron chi connectivity index (χ4n) is 6.03. The molecule has 0 aromatic heterocycles. The molecule has 0 saturated carbocycles. The van der Waals surface area contributed by atoms with E-state index in [1.165, 1.54) is 27.8 Å². The number of fused-ring (bicyclic) bond motifs is 1. The van der Waals surface area contributed by atoms with Crippen LogP contribution in [-0.4, -0.2) is 14.0 Å². The van der Waals surface area contributed by atoms with Crippen LogP contribution < -0.4 is 4.74 Å². The summed E-state index contributed by atoms with van der Waals surface area (Å²) < 4.78 is 13.2. The van der Waals surface area contributed by atoms with Crippen molar-refractivity contribution in [1.29, 1.82) is 0 Å². The summed E-state index contributed by atoms with van der Waals surface area (Å²) in [6.45, 7) is 11.9. The van der Waals surface area contributed by atoms with Gasteiger partial charge in [-0.1, -0.05) is 0 Å². The first-order valence-corrected chi connectivity index (χ1v) is 24.5. The standard InChI is InChI=1S/C16H13O.C9H13.2CH3.2ClH.H2Si.Zr/c1-17-14-7-4-6-13(11-14)16-10-9-12-5-2-3-8-15(12)16;1-6-5-7(2)9(4)8(6)3;;;;;;/h2-11H,1H3;6H,1-4H3;2*1H3;2*1H;1H2;. The van der Waals surface area contributed by atoms with Crippen LogP contribution in [0.2, 0.25) is 9.26 Å². The Labute approximate surface area is 208 Å². The molecule has 2 aliphatic rings. The van der Waals surface area contributed by atoms with Crippen LogP contribution in [0.5, 0.6) is 5.75 Å². The molecule has 32 heavy (non-hydrogen) atoms. The molecular formula is C27H36Cl2OSiZr. The minimum absolute atomic E-state index is 0. The van der Waals surface area contributed by atoms with E-state index < -0.39 is 17.4 Å². The summed E-state index contributed by atoms with van der Waals surface area (Å²) in [5.41, 5.74) is 10.2. The van der Waals surface area contributed by atoms with Gasteiger partial charge in [-0.3, -0.25) is 0 Å². The molecule has 5 heteroatoms. The third kappa shape index (κ3) is 4.20. The van der Waals surface area contributed by atoms with E-state index in [9.17, 15) is 0 Å². The zero-order valence-corrected chi connectivity index (χ0v) is 25.8. The molecule has 4 rings (SSSR count). The van der Waals surface area contributed by atoms with Gasteiger partial charge in [-0.2, -0.15) is 0 Å². The van der Waals surface area contributed by atoms with Gasteiger partial charge in [-0.15, -0.1) is 24.8 Å². The van der Waals surface area contributed by atoms with E-state index in [4.69, 9.17) is 4.74 Å². The fraction of sp³-hybridized carbons (Fsp3) is 0.333. The first kappa shape index (κ1) is 27.4. The molecule has 0 saturated heterocycles. The van der Waals surface area contributed by atoms with Crippen LogP contribution in [0.15, 0.2) is 74.6 Å². The number of hydrogen-bond donors (Lipinski definition) is 0. The van der Waals surface area contributed by atoms with Crippen LogP contribution in [0.4, 0.5) is 0 Å². The molecule has 2 atom stereocenters. The van der Waals surface area contributed by atoms with Crippen molar-refractivity contribution in [3.63, 3.8) is 0 Å². The Bertz CT molecular complexity index is 1220. The van der Waals surface area contributed by atoms with Crippen molar-refractivity contribution in [2.24, 2.45) is 5.92 Å². The van der Waals surface area contributed by atoms with Gasteiger partial charge in [-0.05, 0) is 0 Å². The molecule has 0 heterocycles. The summed E-state index contributed by atoms with van der Waals surface area (Å²) in [7, 11) is 1.75. The number of hydrogen-bond acceptors (Lipinski definition) is 1. The van der Waals surface area contributed by atoms with Crippen molar-refractivity contribution in [2.45, 2.75) is 40.6 Å². The monoisotopic (exact) mass is 564 g/mol. The largest absolute Gasteiger partial charge is 0.147 e. The predicted octanol–water partition coefficient (Wildman–Crippen LogP) is 7.62. The van der Waals surface area contributed by atoms with Gasteiger partial charge in [0.05, 0.1) is 0 Å². The van der Waals surface area contributed by atoms with E-state index >= 15 is 0 Å². The summed E-state index contributed by atoms with van der Waals surface area (Å²) in [5, 5.41) is 0. The first-order valence-electron chi connectivity index (χ1n) is 11.0. The second-order valence-corrected chi connectivity index (χ2v) is 39.8. The molecule has 0 fully saturated rings. The van der Waals surface area contributed by atoms with E-state index in [0.29, 0.717) is 9.54 Å². The van der Waals surface area contributed by atoms with Gasteiger partial charge >= 0.3 is 185 Å². The second kappa shape index (κ2) is 9.41. The number of benzene rings is 2. The van der Waals surface area contributed by atoms with Crippen LogP contribution in [0.25, 0.3) is 5.57 Å². The molecule has 0 N–H and O–H groups in total. The molecule has 2 aromatic rings. The van der Waals surface area contributed by atoms with Crippen LogP contribution in [0.3, 0.4) is 0 Å². The molecule has 1 nitrogen and oxygen atoms in total. The van der Waals surface area contributed by atoms with E-state index in [-0.39, 0.29) is 24.8 Å². The number of methoxy groups -OCH3 is 1. The summed E-state index contributed by atoms with van der Waals surface area (Å²) in [6.07, 6.45) is 2.60. The van der Waals surface area contributed by atoms with Crippen LogP contribution in [0, 0.1) is 5.92 Å². The normalized spacial score (nSPS) is 20.4. The second-order valence-electron chi connectivity index (χ2n) is 10.3. The maximum atomic E-state index is 5.52. The zero-order valence-electron chi connectivity index (χ0n) is 20.3. The third-order valence-corrected chi connectivity index (χ3v) is 25.1. The molecule has 2 unspecified atom stereocenters. The molecule has 0 amide bonds. The molecule has 172 valence electrons. The van der Waals surface area contributed by atoms with E-state index in [1.807, 2.05) is 6.07 Å². The van der Waals surface area contributed by atoms with E-state index in [1.54, 1.807) is 21.5 Å². The maximum Gasteiger partial charge on any atom is -0.147 e.